The summed E-state index contributed by atoms with van der Waals surface area (Å²) in [6.07, 6.45) is 2.96. The first-order chi connectivity index (χ1) is 9.52. The van der Waals surface area contributed by atoms with Crippen LogP contribution in [0.25, 0.3) is 0 Å². The van der Waals surface area contributed by atoms with Gasteiger partial charge in [-0.3, -0.25) is 4.79 Å². The van der Waals surface area contributed by atoms with Gasteiger partial charge in [-0.25, -0.2) is 4.98 Å². The molecule has 108 valence electrons. The molecule has 0 aliphatic carbocycles. The first-order valence-corrected chi connectivity index (χ1v) is 8.20. The number of amides is 1. The van der Waals surface area contributed by atoms with Gasteiger partial charge in [-0.15, -0.1) is 11.3 Å². The zero-order valence-corrected chi connectivity index (χ0v) is 14.3. The molecule has 2 rings (SSSR count). The Morgan fingerprint density at radius 3 is 2.90 bits per heavy atom. The lowest BCUT2D eigenvalue weighted by atomic mass is 10.3. The third-order valence-electron chi connectivity index (χ3n) is 3.12. The van der Waals surface area contributed by atoms with Crippen molar-refractivity contribution in [2.75, 3.05) is 7.05 Å². The highest BCUT2D eigenvalue weighted by Gasteiger charge is 2.18. The summed E-state index contributed by atoms with van der Waals surface area (Å²) in [6, 6.07) is 1.88. The van der Waals surface area contributed by atoms with Gasteiger partial charge in [0.25, 0.3) is 5.91 Å². The first-order valence-electron chi connectivity index (χ1n) is 6.53. The maximum atomic E-state index is 12.6. The van der Waals surface area contributed by atoms with Crippen LogP contribution in [0.15, 0.2) is 22.2 Å². The summed E-state index contributed by atoms with van der Waals surface area (Å²) < 4.78 is 2.94. The summed E-state index contributed by atoms with van der Waals surface area (Å²) in [6.45, 7) is 5.53. The molecule has 0 bridgehead atoms. The lowest BCUT2D eigenvalue weighted by molar-refractivity contribution is 0.0775. The van der Waals surface area contributed by atoms with E-state index in [2.05, 4.69) is 27.8 Å². The van der Waals surface area contributed by atoms with Crippen molar-refractivity contribution in [2.45, 2.75) is 33.4 Å². The van der Waals surface area contributed by atoms with Crippen LogP contribution < -0.4 is 0 Å². The average molecular weight is 356 g/mol. The number of aryl methyl sites for hydroxylation is 2. The molecule has 2 aromatic rings. The van der Waals surface area contributed by atoms with Crippen molar-refractivity contribution in [3.8, 4) is 0 Å². The molecule has 0 saturated heterocycles. The zero-order chi connectivity index (χ0) is 14.7. The number of aromatic nitrogens is 2. The third kappa shape index (κ3) is 3.30. The molecule has 0 spiro atoms. The van der Waals surface area contributed by atoms with Gasteiger partial charge in [-0.05, 0) is 35.3 Å². The van der Waals surface area contributed by atoms with Crippen molar-refractivity contribution < 1.29 is 4.79 Å². The van der Waals surface area contributed by atoms with E-state index in [1.807, 2.05) is 36.3 Å². The van der Waals surface area contributed by atoms with Crippen LogP contribution >= 0.6 is 27.3 Å². The topological polar surface area (TPSA) is 38.1 Å². The molecular formula is C14H18BrN3OS. The zero-order valence-electron chi connectivity index (χ0n) is 11.9. The second kappa shape index (κ2) is 6.54. The van der Waals surface area contributed by atoms with Crippen molar-refractivity contribution in [1.82, 2.24) is 14.5 Å². The molecule has 0 N–H and O–H groups in total. The Hall–Kier alpha value is -1.14. The Bertz CT molecular complexity index is 605. The van der Waals surface area contributed by atoms with Crippen molar-refractivity contribution >= 4 is 33.2 Å². The normalized spacial score (nSPS) is 10.8. The van der Waals surface area contributed by atoms with Crippen molar-refractivity contribution in [3.05, 3.63) is 38.5 Å². The van der Waals surface area contributed by atoms with E-state index in [0.29, 0.717) is 6.54 Å². The van der Waals surface area contributed by atoms with E-state index in [1.165, 1.54) is 0 Å². The molecular weight excluding hydrogens is 338 g/mol. The fourth-order valence-corrected chi connectivity index (χ4v) is 3.33. The van der Waals surface area contributed by atoms with E-state index in [4.69, 9.17) is 0 Å². The quantitative estimate of drug-likeness (QED) is 0.819. The number of halogens is 1. The summed E-state index contributed by atoms with van der Waals surface area (Å²) in [5.74, 6) is 0.0388. The summed E-state index contributed by atoms with van der Waals surface area (Å²) >= 11 is 5.03. The molecule has 2 aromatic heterocycles. The Kier molecular flexibility index (Phi) is 4.99. The van der Waals surface area contributed by atoms with E-state index in [1.54, 1.807) is 16.2 Å². The summed E-state index contributed by atoms with van der Waals surface area (Å²) in [4.78, 5) is 19.7. The fourth-order valence-electron chi connectivity index (χ4n) is 2.04. The summed E-state index contributed by atoms with van der Waals surface area (Å²) in [5.41, 5.74) is 3.54. The summed E-state index contributed by atoms with van der Waals surface area (Å²) in [5, 5.41) is 0. The molecule has 0 aliphatic heterocycles. The summed E-state index contributed by atoms with van der Waals surface area (Å²) in [7, 11) is 1.83. The number of rotatable bonds is 5. The van der Waals surface area contributed by atoms with Gasteiger partial charge in [0.1, 0.15) is 5.69 Å². The molecule has 0 aliphatic rings. The van der Waals surface area contributed by atoms with Crippen LogP contribution in [-0.4, -0.2) is 27.4 Å². The van der Waals surface area contributed by atoms with Gasteiger partial charge in [-0.2, -0.15) is 0 Å². The number of thiazole rings is 1. The van der Waals surface area contributed by atoms with Gasteiger partial charge in [0, 0.05) is 29.1 Å². The number of hydrogen-bond donors (Lipinski definition) is 0. The van der Waals surface area contributed by atoms with E-state index in [9.17, 15) is 4.79 Å². The van der Waals surface area contributed by atoms with E-state index in [0.717, 1.165) is 33.7 Å². The molecule has 1 amide bonds. The lowest BCUT2D eigenvalue weighted by Crippen LogP contribution is -2.28. The maximum Gasteiger partial charge on any atom is 0.270 e. The SMILES string of the molecule is CCCn1cc(Br)cc1C(=O)N(C)Cc1scnc1C. The molecule has 20 heavy (non-hydrogen) atoms. The predicted octanol–water partition coefficient (Wildman–Crippen LogP) is 3.70. The molecule has 0 fully saturated rings. The Morgan fingerprint density at radius 1 is 1.55 bits per heavy atom. The van der Waals surface area contributed by atoms with Crippen LogP contribution in [0.5, 0.6) is 0 Å². The van der Waals surface area contributed by atoms with Crippen LogP contribution in [-0.2, 0) is 13.1 Å². The van der Waals surface area contributed by atoms with Crippen molar-refractivity contribution in [1.29, 1.82) is 0 Å². The van der Waals surface area contributed by atoms with E-state index >= 15 is 0 Å². The Labute approximate surface area is 131 Å². The number of carbonyl (C=O) groups is 1. The monoisotopic (exact) mass is 355 g/mol. The standard InChI is InChI=1S/C14H18BrN3OS/c1-4-5-18-7-11(15)6-12(18)14(19)17(3)8-13-10(2)16-9-20-13/h6-7,9H,4-5,8H2,1-3H3. The van der Waals surface area contributed by atoms with Crippen molar-refractivity contribution in [2.24, 2.45) is 0 Å². The second-order valence-corrected chi connectivity index (χ2v) is 6.61. The van der Waals surface area contributed by atoms with Crippen LogP contribution in [0.4, 0.5) is 0 Å². The molecule has 0 unspecified atom stereocenters. The van der Waals surface area contributed by atoms with Gasteiger partial charge in [0.05, 0.1) is 17.7 Å². The molecule has 0 saturated carbocycles. The largest absolute Gasteiger partial charge is 0.342 e. The maximum absolute atomic E-state index is 12.6. The Morgan fingerprint density at radius 2 is 2.30 bits per heavy atom. The number of hydrogen-bond acceptors (Lipinski definition) is 3. The molecule has 0 radical (unpaired) electrons. The second-order valence-electron chi connectivity index (χ2n) is 4.76. The highest BCUT2D eigenvalue weighted by molar-refractivity contribution is 9.10. The van der Waals surface area contributed by atoms with E-state index in [-0.39, 0.29) is 5.91 Å². The Balaban J connectivity index is 2.16. The molecule has 6 heteroatoms. The van der Waals surface area contributed by atoms with Gasteiger partial charge in [-0.1, -0.05) is 6.92 Å². The van der Waals surface area contributed by atoms with Crippen LogP contribution in [0.3, 0.4) is 0 Å². The smallest absolute Gasteiger partial charge is 0.270 e. The van der Waals surface area contributed by atoms with Gasteiger partial charge < -0.3 is 9.47 Å². The molecule has 4 nitrogen and oxygen atoms in total. The minimum absolute atomic E-state index is 0.0388. The molecule has 0 atom stereocenters. The van der Waals surface area contributed by atoms with Gasteiger partial charge in [0.15, 0.2) is 0 Å². The van der Waals surface area contributed by atoms with Gasteiger partial charge in [0.2, 0.25) is 0 Å². The van der Waals surface area contributed by atoms with Crippen LogP contribution in [0.1, 0.15) is 34.4 Å². The van der Waals surface area contributed by atoms with Crippen LogP contribution in [0, 0.1) is 6.92 Å². The first kappa shape index (κ1) is 15.3. The van der Waals surface area contributed by atoms with E-state index < -0.39 is 0 Å². The average Bonchev–Trinajstić information content (AvgIpc) is 2.96. The minimum Gasteiger partial charge on any atom is -0.342 e. The fraction of sp³-hybridized carbons (Fsp3) is 0.429. The lowest BCUT2D eigenvalue weighted by Gasteiger charge is -2.17. The molecule has 2 heterocycles. The highest BCUT2D eigenvalue weighted by Crippen LogP contribution is 2.19. The minimum atomic E-state index is 0.0388. The number of nitrogens with zero attached hydrogens (tertiary/aromatic N) is 3. The highest BCUT2D eigenvalue weighted by atomic mass is 79.9. The van der Waals surface area contributed by atoms with Crippen molar-refractivity contribution in [3.63, 3.8) is 0 Å². The van der Waals surface area contributed by atoms with Crippen LogP contribution in [0.2, 0.25) is 0 Å². The predicted molar refractivity (Wildman–Crippen MR) is 85.1 cm³/mol. The van der Waals surface area contributed by atoms with Gasteiger partial charge >= 0.3 is 0 Å². The number of carbonyl (C=O) groups excluding carboxylic acids is 1. The molecule has 0 aromatic carbocycles. The third-order valence-corrected chi connectivity index (χ3v) is 4.47.